The molecule has 1 amide bonds. The van der Waals surface area contributed by atoms with Crippen LogP contribution < -0.4 is 4.90 Å². The number of carbonyl (C=O) groups is 1. The van der Waals surface area contributed by atoms with Crippen LogP contribution in [0.2, 0.25) is 0 Å². The summed E-state index contributed by atoms with van der Waals surface area (Å²) in [7, 11) is 0. The molecule has 200 valence electrons. The van der Waals surface area contributed by atoms with Crippen molar-refractivity contribution in [2.75, 3.05) is 11.4 Å². The maximum Gasteiger partial charge on any atom is 0.227 e. The molecule has 1 unspecified atom stereocenters. The number of aromatic nitrogens is 2. The van der Waals surface area contributed by atoms with Gasteiger partial charge in [-0.2, -0.15) is 0 Å². The number of hydrogen-bond acceptors (Lipinski definition) is 2. The van der Waals surface area contributed by atoms with E-state index in [-0.39, 0.29) is 11.8 Å². The zero-order valence-electron chi connectivity index (χ0n) is 23.3. The van der Waals surface area contributed by atoms with Gasteiger partial charge in [0.1, 0.15) is 5.82 Å². The Morgan fingerprint density at radius 3 is 2.14 bits per heavy atom. The summed E-state index contributed by atoms with van der Waals surface area (Å²) in [5, 5.41) is 0. The van der Waals surface area contributed by atoms with E-state index in [1.54, 1.807) is 0 Å². The summed E-state index contributed by atoms with van der Waals surface area (Å²) in [6, 6.07) is 17.1. The third-order valence-corrected chi connectivity index (χ3v) is 7.98. The number of para-hydroxylation sites is 2. The number of unbranched alkanes of at least 4 members (excludes halogenated alkanes) is 10. The van der Waals surface area contributed by atoms with Crippen LogP contribution in [0.3, 0.4) is 0 Å². The van der Waals surface area contributed by atoms with Crippen LogP contribution in [-0.4, -0.2) is 22.0 Å². The Bertz CT molecular complexity index is 1100. The smallest absolute Gasteiger partial charge is 0.227 e. The minimum Gasteiger partial charge on any atom is -0.328 e. The van der Waals surface area contributed by atoms with Gasteiger partial charge >= 0.3 is 0 Å². The summed E-state index contributed by atoms with van der Waals surface area (Å²) >= 11 is 0. The number of imidazole rings is 1. The van der Waals surface area contributed by atoms with Crippen molar-refractivity contribution in [3.05, 3.63) is 59.9 Å². The van der Waals surface area contributed by atoms with Crippen LogP contribution in [0.15, 0.2) is 48.5 Å². The lowest BCUT2D eigenvalue weighted by molar-refractivity contribution is -0.117. The van der Waals surface area contributed by atoms with Gasteiger partial charge in [-0.1, -0.05) is 102 Å². The molecule has 4 heteroatoms. The van der Waals surface area contributed by atoms with E-state index in [2.05, 4.69) is 66.9 Å². The Labute approximate surface area is 224 Å². The minimum atomic E-state index is 0.141. The zero-order valence-corrected chi connectivity index (χ0v) is 23.3. The standard InChI is InChI=1S/C33H47N3O/c1-3-5-7-8-9-10-11-12-13-16-24-35-31-19-15-14-18-30(31)34-33(35)28-25-32(37)36(26-28)29-22-20-27(21-23-29)17-6-4-2/h14-15,18-23,28H,3-13,16-17,24-26H2,1-2H3. The number of fused-ring (bicyclic) bond motifs is 1. The molecule has 1 saturated heterocycles. The fraction of sp³-hybridized carbons (Fsp3) is 0.576. The van der Waals surface area contributed by atoms with E-state index in [0.29, 0.717) is 13.0 Å². The van der Waals surface area contributed by atoms with E-state index in [0.717, 1.165) is 30.0 Å². The Balaban J connectivity index is 1.35. The van der Waals surface area contributed by atoms with Gasteiger partial charge in [0.15, 0.2) is 0 Å². The van der Waals surface area contributed by atoms with E-state index in [4.69, 9.17) is 4.98 Å². The lowest BCUT2D eigenvalue weighted by Gasteiger charge is -2.18. The monoisotopic (exact) mass is 501 g/mol. The topological polar surface area (TPSA) is 38.1 Å². The number of nitrogens with zero attached hydrogens (tertiary/aromatic N) is 3. The molecule has 1 atom stereocenters. The van der Waals surface area contributed by atoms with Crippen LogP contribution in [0.5, 0.6) is 0 Å². The van der Waals surface area contributed by atoms with Crippen molar-refractivity contribution in [1.29, 1.82) is 0 Å². The van der Waals surface area contributed by atoms with Gasteiger partial charge in [0.2, 0.25) is 5.91 Å². The molecule has 0 aliphatic carbocycles. The molecule has 37 heavy (non-hydrogen) atoms. The largest absolute Gasteiger partial charge is 0.328 e. The van der Waals surface area contributed by atoms with Gasteiger partial charge in [0, 0.05) is 31.1 Å². The number of carbonyl (C=O) groups excluding carboxylic acids is 1. The maximum absolute atomic E-state index is 13.1. The first kappa shape index (κ1) is 27.4. The van der Waals surface area contributed by atoms with E-state index in [1.165, 1.54) is 88.1 Å². The molecule has 1 aliphatic heterocycles. The number of aryl methyl sites for hydroxylation is 2. The molecule has 0 radical (unpaired) electrons. The molecule has 4 nitrogen and oxygen atoms in total. The summed E-state index contributed by atoms with van der Waals surface area (Å²) in [6.07, 6.45) is 17.5. The summed E-state index contributed by atoms with van der Waals surface area (Å²) in [6.45, 7) is 6.21. The first-order chi connectivity index (χ1) is 18.2. The van der Waals surface area contributed by atoms with E-state index in [1.807, 2.05) is 4.90 Å². The zero-order chi connectivity index (χ0) is 25.9. The quantitative estimate of drug-likeness (QED) is 0.184. The summed E-state index contributed by atoms with van der Waals surface area (Å²) < 4.78 is 2.41. The van der Waals surface area contributed by atoms with Crippen LogP contribution >= 0.6 is 0 Å². The van der Waals surface area contributed by atoms with E-state index < -0.39 is 0 Å². The predicted octanol–water partition coefficient (Wildman–Crippen LogP) is 8.82. The van der Waals surface area contributed by atoms with Gasteiger partial charge in [0.05, 0.1) is 11.0 Å². The van der Waals surface area contributed by atoms with E-state index in [9.17, 15) is 4.79 Å². The van der Waals surface area contributed by atoms with Crippen molar-refractivity contribution >= 4 is 22.6 Å². The summed E-state index contributed by atoms with van der Waals surface area (Å²) in [5.74, 6) is 1.44. The fourth-order valence-corrected chi connectivity index (χ4v) is 5.75. The highest BCUT2D eigenvalue weighted by Crippen LogP contribution is 2.33. The van der Waals surface area contributed by atoms with Crippen molar-refractivity contribution in [2.45, 2.75) is 116 Å². The third-order valence-electron chi connectivity index (χ3n) is 7.98. The van der Waals surface area contributed by atoms with Gasteiger partial charge in [0.25, 0.3) is 0 Å². The molecule has 0 saturated carbocycles. The van der Waals surface area contributed by atoms with Gasteiger partial charge in [-0.15, -0.1) is 0 Å². The van der Waals surface area contributed by atoms with Crippen molar-refractivity contribution in [3.63, 3.8) is 0 Å². The van der Waals surface area contributed by atoms with Crippen molar-refractivity contribution in [1.82, 2.24) is 9.55 Å². The molecule has 3 aromatic rings. The molecule has 1 aromatic heterocycles. The molecule has 1 fully saturated rings. The predicted molar refractivity (Wildman–Crippen MR) is 156 cm³/mol. The lowest BCUT2D eigenvalue weighted by atomic mass is 10.1. The molecular weight excluding hydrogens is 454 g/mol. The molecular formula is C33H47N3O. The highest BCUT2D eigenvalue weighted by Gasteiger charge is 2.34. The SMILES string of the molecule is CCCCCCCCCCCCn1c(C2CC(=O)N(c3ccc(CCCC)cc3)C2)nc2ccccc21. The molecule has 2 aromatic carbocycles. The molecule has 0 spiro atoms. The van der Waals surface area contributed by atoms with Crippen LogP contribution in [0.25, 0.3) is 11.0 Å². The average molecular weight is 502 g/mol. The second kappa shape index (κ2) is 14.4. The van der Waals surface area contributed by atoms with Gasteiger partial charge in [-0.3, -0.25) is 4.79 Å². The number of hydrogen-bond donors (Lipinski definition) is 0. The van der Waals surface area contributed by atoms with Crippen LogP contribution in [0, 0.1) is 0 Å². The van der Waals surface area contributed by atoms with Gasteiger partial charge in [-0.05, 0) is 49.1 Å². The lowest BCUT2D eigenvalue weighted by Crippen LogP contribution is -2.24. The molecule has 1 aliphatic rings. The second-order valence-electron chi connectivity index (χ2n) is 11.0. The minimum absolute atomic E-state index is 0.141. The highest BCUT2D eigenvalue weighted by atomic mass is 16.2. The number of benzene rings is 2. The Kier molecular flexibility index (Phi) is 10.6. The number of amides is 1. The summed E-state index contributed by atoms with van der Waals surface area (Å²) in [5.41, 5.74) is 4.63. The van der Waals surface area contributed by atoms with Crippen LogP contribution in [-0.2, 0) is 17.8 Å². The van der Waals surface area contributed by atoms with Crippen molar-refractivity contribution < 1.29 is 4.79 Å². The normalized spacial score (nSPS) is 15.8. The molecule has 0 bridgehead atoms. The fourth-order valence-electron chi connectivity index (χ4n) is 5.75. The average Bonchev–Trinajstić information content (AvgIpc) is 3.49. The molecule has 2 heterocycles. The maximum atomic E-state index is 13.1. The Hall–Kier alpha value is -2.62. The van der Waals surface area contributed by atoms with E-state index >= 15 is 0 Å². The van der Waals surface area contributed by atoms with Crippen LogP contribution in [0.1, 0.15) is 115 Å². The number of anilines is 1. The molecule has 0 N–H and O–H groups in total. The van der Waals surface area contributed by atoms with Gasteiger partial charge < -0.3 is 9.47 Å². The Morgan fingerprint density at radius 1 is 0.784 bits per heavy atom. The van der Waals surface area contributed by atoms with Crippen molar-refractivity contribution in [2.24, 2.45) is 0 Å². The van der Waals surface area contributed by atoms with Crippen LogP contribution in [0.4, 0.5) is 5.69 Å². The summed E-state index contributed by atoms with van der Waals surface area (Å²) in [4.78, 5) is 20.1. The second-order valence-corrected chi connectivity index (χ2v) is 11.0. The molecule has 4 rings (SSSR count). The first-order valence-electron chi connectivity index (χ1n) is 15.1. The van der Waals surface area contributed by atoms with Gasteiger partial charge in [-0.25, -0.2) is 4.98 Å². The van der Waals surface area contributed by atoms with Crippen molar-refractivity contribution in [3.8, 4) is 0 Å². The first-order valence-corrected chi connectivity index (χ1v) is 15.1. The highest BCUT2D eigenvalue weighted by molar-refractivity contribution is 5.96. The third kappa shape index (κ3) is 7.46. The number of rotatable bonds is 16. The Morgan fingerprint density at radius 2 is 1.43 bits per heavy atom.